The maximum Gasteiger partial charge on any atom is 0.352 e. The molecule has 0 aromatic carbocycles. The third-order valence-corrected chi connectivity index (χ3v) is 11.2. The molecule has 0 saturated carbocycles. The number of aromatic hydroxyl groups is 1. The Morgan fingerprint density at radius 2 is 2.02 bits per heavy atom. The fraction of sp³-hybridized carbons (Fsp3) is 0.304. The van der Waals surface area contributed by atoms with E-state index in [0.717, 1.165) is 38.6 Å². The molecule has 2 aliphatic rings. The van der Waals surface area contributed by atoms with Crippen LogP contribution in [0.2, 0.25) is 0 Å². The predicted molar refractivity (Wildman–Crippen MR) is 164 cm³/mol. The molecule has 21 heteroatoms. The normalized spacial score (nSPS) is 18.2. The number of carboxylic acid groups (broad SMARTS) is 1. The predicted octanol–water partition coefficient (Wildman–Crippen LogP) is 1.25. The number of oxime groups is 1. The number of fused-ring (bicyclic) bond motifs is 1. The number of aliphatic carboxylic acids is 1. The number of carboxylic acids is 1. The number of nitrogens with two attached hydrogens (primary N) is 1. The molecule has 0 radical (unpaired) electrons. The minimum atomic E-state index is -1.26. The van der Waals surface area contributed by atoms with E-state index in [4.69, 9.17) is 10.6 Å². The van der Waals surface area contributed by atoms with Crippen molar-refractivity contribution in [3.63, 3.8) is 0 Å². The zero-order valence-corrected chi connectivity index (χ0v) is 26.5. The lowest BCUT2D eigenvalue weighted by Crippen LogP contribution is -2.71. The number of hydrogen-bond donors (Lipinski definition) is 5. The summed E-state index contributed by atoms with van der Waals surface area (Å²) in [5.41, 5.74) is 4.99. The number of carbonyl (C=O) groups excluding carboxylic acids is 2. The first-order chi connectivity index (χ1) is 21.1. The van der Waals surface area contributed by atoms with Crippen LogP contribution in [0.3, 0.4) is 0 Å². The zero-order valence-electron chi connectivity index (χ0n) is 22.4. The van der Waals surface area contributed by atoms with E-state index in [9.17, 15) is 34.6 Å². The van der Waals surface area contributed by atoms with Crippen molar-refractivity contribution in [1.82, 2.24) is 30.1 Å². The number of thiazole rings is 1. The van der Waals surface area contributed by atoms with Gasteiger partial charge in [-0.2, -0.15) is 4.73 Å². The van der Waals surface area contributed by atoms with Crippen molar-refractivity contribution in [3.05, 3.63) is 50.5 Å². The van der Waals surface area contributed by atoms with E-state index in [1.54, 1.807) is 11.8 Å². The van der Waals surface area contributed by atoms with Gasteiger partial charge in [0.1, 0.15) is 28.5 Å². The van der Waals surface area contributed by atoms with Crippen LogP contribution in [0.25, 0.3) is 0 Å². The highest BCUT2D eigenvalue weighted by atomic mass is 32.2. The van der Waals surface area contributed by atoms with E-state index in [1.165, 1.54) is 40.2 Å². The molecule has 0 unspecified atom stereocenters. The summed E-state index contributed by atoms with van der Waals surface area (Å²) in [5.74, 6) is -1.93. The molecule has 0 bridgehead atoms. The lowest BCUT2D eigenvalue weighted by Gasteiger charge is -2.49. The minimum absolute atomic E-state index is 0.0413. The first-order valence-corrected chi connectivity index (χ1v) is 17.1. The number of pyridine rings is 1. The highest BCUT2D eigenvalue weighted by Gasteiger charge is 2.54. The maximum absolute atomic E-state index is 13.3. The number of nitrogen functional groups attached to an aromatic ring is 1. The number of carbonyl (C=O) groups is 3. The molecule has 44 heavy (non-hydrogen) atoms. The summed E-state index contributed by atoms with van der Waals surface area (Å²) < 4.78 is 1.97. The average molecular weight is 699 g/mol. The molecule has 0 aliphatic carbocycles. The number of rotatable bonds is 12. The highest BCUT2D eigenvalue weighted by Crippen LogP contribution is 2.42. The first kappa shape index (κ1) is 31.6. The third kappa shape index (κ3) is 6.65. The van der Waals surface area contributed by atoms with E-state index < -0.39 is 47.0 Å². The Bertz CT molecular complexity index is 1740. The van der Waals surface area contributed by atoms with E-state index in [-0.39, 0.29) is 27.9 Å². The zero-order chi connectivity index (χ0) is 31.5. The molecule has 2 atom stereocenters. The topological polar surface area (TPSA) is 235 Å². The second kappa shape index (κ2) is 13.5. The molecule has 2 amide bonds. The van der Waals surface area contributed by atoms with E-state index >= 15 is 0 Å². The number of anilines is 1. The Balaban J connectivity index is 1.29. The molecular formula is C23H22N8O8S5. The van der Waals surface area contributed by atoms with Gasteiger partial charge in [0.25, 0.3) is 11.8 Å². The molecule has 16 nitrogen and oxygen atoms in total. The summed E-state index contributed by atoms with van der Waals surface area (Å²) in [6.45, 7) is 1.53. The SMILES string of the molecule is CCSc1nnc(SCC2=C(C(=O)O)N3C(=O)[C@@H](NC(=O)/C(=N/OCc4cc(=O)c(O)cn4O)c4csc(N)n4)[C@H]3SC2)s1. The molecule has 3 aromatic heterocycles. The van der Waals surface area contributed by atoms with Crippen molar-refractivity contribution in [2.75, 3.05) is 23.0 Å². The van der Waals surface area contributed by atoms with Crippen LogP contribution < -0.4 is 16.5 Å². The molecule has 5 heterocycles. The van der Waals surface area contributed by atoms with Crippen LogP contribution in [0.1, 0.15) is 18.3 Å². The molecule has 0 spiro atoms. The van der Waals surface area contributed by atoms with Crippen LogP contribution >= 0.6 is 58.0 Å². The van der Waals surface area contributed by atoms with Crippen molar-refractivity contribution >= 4 is 86.6 Å². The molecule has 2 aliphatic heterocycles. The largest absolute Gasteiger partial charge is 0.503 e. The van der Waals surface area contributed by atoms with Gasteiger partial charge >= 0.3 is 5.97 Å². The molecular weight excluding hydrogens is 677 g/mol. The van der Waals surface area contributed by atoms with Crippen molar-refractivity contribution in [2.45, 2.75) is 33.6 Å². The van der Waals surface area contributed by atoms with Gasteiger partial charge in [-0.25, -0.2) is 9.78 Å². The van der Waals surface area contributed by atoms with Gasteiger partial charge in [-0.3, -0.25) is 19.3 Å². The Hall–Kier alpha value is -3.79. The van der Waals surface area contributed by atoms with E-state index in [2.05, 4.69) is 25.7 Å². The lowest BCUT2D eigenvalue weighted by atomic mass is 10.0. The standard InChI is InChI=1S/C23H22N8O8S5/c1-2-40-22-27-28-23(44-22)43-7-9-6-41-19-15(18(35)31(19)16(9)20(36)37)26-17(34)14(11-8-42-21(24)25-11)29-39-5-10-3-12(32)13(33)4-30(10)38/h3-4,8,15,19,33,38H,2,5-7H2,1H3,(H2,24,25)(H,26,34)(H,36,37)/b29-14+/t15-,19-/m1/s1. The van der Waals surface area contributed by atoms with Crippen molar-refractivity contribution in [1.29, 1.82) is 0 Å². The van der Waals surface area contributed by atoms with Crippen LogP contribution in [-0.2, 0) is 25.8 Å². The highest BCUT2D eigenvalue weighted by molar-refractivity contribution is 8.03. The monoisotopic (exact) mass is 698 g/mol. The van der Waals surface area contributed by atoms with Crippen LogP contribution in [0.15, 0.2) is 47.5 Å². The van der Waals surface area contributed by atoms with Crippen LogP contribution in [-0.4, -0.2) is 92.4 Å². The molecule has 3 aromatic rings. The fourth-order valence-corrected chi connectivity index (χ4v) is 8.97. The van der Waals surface area contributed by atoms with E-state index in [1.807, 2.05) is 6.92 Å². The smallest absolute Gasteiger partial charge is 0.352 e. The Morgan fingerprint density at radius 3 is 2.70 bits per heavy atom. The number of β-lactam (4-membered cyclic amide) rings is 1. The van der Waals surface area contributed by atoms with Gasteiger partial charge in [0.15, 0.2) is 31.9 Å². The lowest BCUT2D eigenvalue weighted by molar-refractivity contribution is -0.150. The van der Waals surface area contributed by atoms with Gasteiger partial charge in [-0.1, -0.05) is 46.9 Å². The van der Waals surface area contributed by atoms with Crippen molar-refractivity contribution in [3.8, 4) is 5.75 Å². The molecule has 1 saturated heterocycles. The molecule has 6 N–H and O–H groups in total. The van der Waals surface area contributed by atoms with E-state index in [0.29, 0.717) is 26.1 Å². The molecule has 5 rings (SSSR count). The van der Waals surface area contributed by atoms with Crippen LogP contribution in [0, 0.1) is 0 Å². The number of hydrogen-bond acceptors (Lipinski definition) is 17. The fourth-order valence-electron chi connectivity index (χ4n) is 4.02. The van der Waals surface area contributed by atoms with Gasteiger partial charge in [0.2, 0.25) is 5.43 Å². The van der Waals surface area contributed by atoms with Crippen LogP contribution in [0.4, 0.5) is 5.13 Å². The van der Waals surface area contributed by atoms with Gasteiger partial charge in [-0.15, -0.1) is 33.3 Å². The number of aromatic nitrogens is 4. The summed E-state index contributed by atoms with van der Waals surface area (Å²) in [7, 11) is 0. The van der Waals surface area contributed by atoms with Gasteiger partial charge in [-0.05, 0) is 11.3 Å². The molecule has 232 valence electrons. The minimum Gasteiger partial charge on any atom is -0.503 e. The Morgan fingerprint density at radius 1 is 1.27 bits per heavy atom. The van der Waals surface area contributed by atoms with Gasteiger partial charge < -0.3 is 31.3 Å². The number of nitrogens with zero attached hydrogens (tertiary/aromatic N) is 6. The number of amides is 2. The van der Waals surface area contributed by atoms with Crippen molar-refractivity contribution in [2.24, 2.45) is 5.16 Å². The summed E-state index contributed by atoms with van der Waals surface area (Å²) in [4.78, 5) is 60.8. The molecule has 1 fully saturated rings. The van der Waals surface area contributed by atoms with Gasteiger partial charge in [0.05, 0.1) is 6.20 Å². The maximum atomic E-state index is 13.3. The summed E-state index contributed by atoms with van der Waals surface area (Å²) in [6, 6.07) is -0.140. The quantitative estimate of drug-likeness (QED) is 0.0588. The van der Waals surface area contributed by atoms with Crippen molar-refractivity contribution < 1.29 is 34.6 Å². The van der Waals surface area contributed by atoms with Gasteiger partial charge in [0, 0.05) is 23.0 Å². The summed E-state index contributed by atoms with van der Waals surface area (Å²) in [5, 5.41) is 44.8. The van der Waals surface area contributed by atoms with Crippen LogP contribution in [0.5, 0.6) is 5.75 Å². The number of nitrogens with one attached hydrogen (secondary N) is 1. The first-order valence-electron chi connectivity index (χ1n) is 12.4. The second-order valence-corrected chi connectivity index (χ2v) is 14.5. The Kier molecular flexibility index (Phi) is 9.68. The summed E-state index contributed by atoms with van der Waals surface area (Å²) >= 11 is 6.66. The summed E-state index contributed by atoms with van der Waals surface area (Å²) in [6.07, 6.45) is 0.776. The number of thioether (sulfide) groups is 3. The Labute approximate surface area is 268 Å². The third-order valence-electron chi connectivity index (χ3n) is 6.00. The average Bonchev–Trinajstić information content (AvgIpc) is 3.63. The second-order valence-electron chi connectivity index (χ2n) is 8.82.